The van der Waals surface area contributed by atoms with E-state index in [4.69, 9.17) is 4.74 Å². The van der Waals surface area contributed by atoms with E-state index < -0.39 is 0 Å². The monoisotopic (exact) mass is 565 g/mol. The first-order valence-electron chi connectivity index (χ1n) is 14.2. The Labute approximate surface area is 246 Å². The Balaban J connectivity index is 1.31. The molecule has 0 saturated carbocycles. The second-order valence-corrected chi connectivity index (χ2v) is 13.4. The predicted octanol–water partition coefficient (Wildman–Crippen LogP) is 9.53. The number of anilines is 1. The highest BCUT2D eigenvalue weighted by Crippen LogP contribution is 2.50. The van der Waals surface area contributed by atoms with Crippen LogP contribution in [0.3, 0.4) is 0 Å². The Morgan fingerprint density at radius 1 is 1.05 bits per heavy atom. The molecule has 0 atom stereocenters. The summed E-state index contributed by atoms with van der Waals surface area (Å²) in [5, 5.41) is 5.25. The fourth-order valence-electron chi connectivity index (χ4n) is 6.05. The average molecular weight is 566 g/mol. The minimum Gasteiger partial charge on any atom is -0.497 e. The zero-order valence-electron chi connectivity index (χ0n) is 24.0. The van der Waals surface area contributed by atoms with Gasteiger partial charge in [0, 0.05) is 29.6 Å². The first-order chi connectivity index (χ1) is 19.4. The van der Waals surface area contributed by atoms with Gasteiger partial charge in [-0.15, -0.1) is 0 Å². The van der Waals surface area contributed by atoms with Crippen molar-refractivity contribution in [2.45, 2.75) is 52.0 Å². The Bertz CT molecular complexity index is 1720. The smallest absolute Gasteiger partial charge is 0.262 e. The van der Waals surface area contributed by atoms with Crippen LogP contribution in [0.25, 0.3) is 27.1 Å². The number of methoxy groups -OCH3 is 1. The van der Waals surface area contributed by atoms with E-state index >= 15 is 0 Å². The summed E-state index contributed by atoms with van der Waals surface area (Å²) in [6, 6.07) is 19.6. The molecule has 1 aromatic heterocycles. The Morgan fingerprint density at radius 2 is 1.90 bits per heavy atom. The summed E-state index contributed by atoms with van der Waals surface area (Å²) in [6.07, 6.45) is 13.8. The van der Waals surface area contributed by atoms with Crippen LogP contribution in [0.1, 0.15) is 45.5 Å². The molecule has 0 radical (unpaired) electrons. The molecule has 2 aliphatic rings. The minimum absolute atomic E-state index is 0.220. The highest BCUT2D eigenvalue weighted by molar-refractivity contribution is 8.04. The first-order valence-corrected chi connectivity index (χ1v) is 15.8. The maximum absolute atomic E-state index is 5.45. The van der Waals surface area contributed by atoms with Crippen molar-refractivity contribution in [3.8, 4) is 5.75 Å². The molecule has 0 amide bonds. The summed E-state index contributed by atoms with van der Waals surface area (Å²) in [5.74, 6) is 0.907. The van der Waals surface area contributed by atoms with Crippen LogP contribution in [0.4, 0.5) is 5.69 Å². The van der Waals surface area contributed by atoms with Crippen LogP contribution in [0.15, 0.2) is 100.0 Å². The number of fused-ring (bicyclic) bond motifs is 4. The van der Waals surface area contributed by atoms with Crippen LogP contribution in [0, 0.1) is 5.41 Å². The third-order valence-corrected chi connectivity index (χ3v) is 10.1. The van der Waals surface area contributed by atoms with E-state index in [1.807, 2.05) is 29.2 Å². The van der Waals surface area contributed by atoms with Gasteiger partial charge in [-0.05, 0) is 72.2 Å². The molecular formula is C35H37N2OS2+. The summed E-state index contributed by atoms with van der Waals surface area (Å²) in [7, 11) is 1.73. The first kappa shape index (κ1) is 26.9. The lowest BCUT2D eigenvalue weighted by molar-refractivity contribution is -0.665. The van der Waals surface area contributed by atoms with Crippen LogP contribution in [0.2, 0.25) is 0 Å². The molecular weight excluding hydrogens is 529 g/mol. The molecule has 0 saturated heterocycles. The molecule has 40 heavy (non-hydrogen) atoms. The lowest BCUT2D eigenvalue weighted by atomic mass is 9.75. The molecule has 0 spiro atoms. The number of thioether (sulfide) groups is 1. The molecule has 2 heterocycles. The SMILES string of the molecule is CCN1C(=CC2=CC(=CC=Cc3sc4cc(OC)ccc4[n+]3CC)CC(C)(C)C2)Sc2c1ccc1ccccc21. The fraction of sp³-hybridized carbons (Fsp3) is 0.286. The Morgan fingerprint density at radius 3 is 2.70 bits per heavy atom. The summed E-state index contributed by atoms with van der Waals surface area (Å²) in [4.78, 5) is 3.85. The van der Waals surface area contributed by atoms with E-state index in [9.17, 15) is 0 Å². The van der Waals surface area contributed by atoms with Crippen molar-refractivity contribution >= 4 is 55.9 Å². The van der Waals surface area contributed by atoms with Gasteiger partial charge in [-0.3, -0.25) is 0 Å². The van der Waals surface area contributed by atoms with Crippen molar-refractivity contribution in [1.29, 1.82) is 0 Å². The standard InChI is InChI=1S/C35H37N2OS2/c1-6-36-29-18-16-27(38-5)21-31(29)39-32(36)14-10-11-24-19-25(23-35(3,4)22-24)20-33-37(7-2)30-17-15-26-12-8-9-13-28(26)34(30)40-33/h8-21H,6-7,22-23H2,1-5H3/q+1. The number of ether oxygens (including phenoxy) is 1. The quantitative estimate of drug-likeness (QED) is 0.217. The van der Waals surface area contributed by atoms with Gasteiger partial charge < -0.3 is 9.64 Å². The number of benzene rings is 3. The zero-order valence-corrected chi connectivity index (χ0v) is 25.7. The molecule has 1 aliphatic carbocycles. The van der Waals surface area contributed by atoms with Gasteiger partial charge in [0.25, 0.3) is 5.01 Å². The Kier molecular flexibility index (Phi) is 7.37. The number of allylic oxidation sites excluding steroid dienone is 6. The van der Waals surface area contributed by atoms with Crippen LogP contribution in [-0.4, -0.2) is 13.7 Å². The maximum Gasteiger partial charge on any atom is 0.262 e. The predicted molar refractivity (Wildman–Crippen MR) is 173 cm³/mol. The van der Waals surface area contributed by atoms with Gasteiger partial charge in [0.1, 0.15) is 17.0 Å². The minimum atomic E-state index is 0.220. The van der Waals surface area contributed by atoms with E-state index in [0.29, 0.717) is 0 Å². The normalized spacial score (nSPS) is 18.8. The fourth-order valence-corrected chi connectivity index (χ4v) is 8.55. The molecule has 1 aliphatic heterocycles. The number of rotatable bonds is 6. The highest BCUT2D eigenvalue weighted by Gasteiger charge is 2.29. The number of hydrogen-bond acceptors (Lipinski definition) is 4. The molecule has 5 heteroatoms. The molecule has 204 valence electrons. The van der Waals surface area contributed by atoms with Crippen molar-refractivity contribution in [3.63, 3.8) is 0 Å². The van der Waals surface area contributed by atoms with Gasteiger partial charge in [-0.25, -0.2) is 0 Å². The van der Waals surface area contributed by atoms with E-state index in [-0.39, 0.29) is 5.41 Å². The van der Waals surface area contributed by atoms with Gasteiger partial charge in [-0.2, -0.15) is 4.57 Å². The van der Waals surface area contributed by atoms with Crippen molar-refractivity contribution in [3.05, 3.63) is 100 Å². The average Bonchev–Trinajstić information content (AvgIpc) is 3.48. The molecule has 3 nitrogen and oxygen atoms in total. The largest absolute Gasteiger partial charge is 0.497 e. The maximum atomic E-state index is 5.45. The van der Waals surface area contributed by atoms with E-state index in [1.165, 1.54) is 52.8 Å². The Hall–Kier alpha value is -3.28. The van der Waals surface area contributed by atoms with Gasteiger partial charge in [0.2, 0.25) is 5.52 Å². The van der Waals surface area contributed by atoms with Crippen LogP contribution >= 0.6 is 23.1 Å². The van der Waals surface area contributed by atoms with Crippen LogP contribution in [-0.2, 0) is 6.54 Å². The van der Waals surface area contributed by atoms with E-state index in [0.717, 1.165) is 31.7 Å². The number of nitrogens with zero attached hydrogens (tertiary/aromatic N) is 2. The zero-order chi connectivity index (χ0) is 27.9. The highest BCUT2D eigenvalue weighted by atomic mass is 32.2. The number of hydrogen-bond donors (Lipinski definition) is 0. The topological polar surface area (TPSA) is 16.4 Å². The second-order valence-electron chi connectivity index (χ2n) is 11.3. The van der Waals surface area contributed by atoms with Gasteiger partial charge in [-0.1, -0.05) is 85.5 Å². The molecule has 0 bridgehead atoms. The van der Waals surface area contributed by atoms with Crippen molar-refractivity contribution in [1.82, 2.24) is 0 Å². The number of aryl methyl sites for hydroxylation is 1. The van der Waals surface area contributed by atoms with Gasteiger partial charge in [0.15, 0.2) is 0 Å². The van der Waals surface area contributed by atoms with Crippen molar-refractivity contribution < 1.29 is 9.30 Å². The molecule has 3 aromatic carbocycles. The summed E-state index contributed by atoms with van der Waals surface area (Å²) in [6.45, 7) is 11.1. The summed E-state index contributed by atoms with van der Waals surface area (Å²) < 4.78 is 9.08. The molecule has 0 unspecified atom stereocenters. The van der Waals surface area contributed by atoms with E-state index in [2.05, 4.69) is 116 Å². The molecule has 0 N–H and O–H groups in total. The summed E-state index contributed by atoms with van der Waals surface area (Å²) >= 11 is 3.74. The number of aromatic nitrogens is 1. The lowest BCUT2D eigenvalue weighted by Crippen LogP contribution is -2.33. The molecule has 6 rings (SSSR count). The lowest BCUT2D eigenvalue weighted by Gasteiger charge is -2.31. The van der Waals surface area contributed by atoms with E-state index in [1.54, 1.807) is 7.11 Å². The van der Waals surface area contributed by atoms with Crippen LogP contribution < -0.4 is 14.2 Å². The van der Waals surface area contributed by atoms with Crippen molar-refractivity contribution in [2.24, 2.45) is 5.41 Å². The van der Waals surface area contributed by atoms with Gasteiger partial charge in [0.05, 0.1) is 17.8 Å². The van der Waals surface area contributed by atoms with Gasteiger partial charge >= 0.3 is 0 Å². The number of thiazole rings is 1. The van der Waals surface area contributed by atoms with Crippen LogP contribution in [0.5, 0.6) is 5.75 Å². The second kappa shape index (κ2) is 10.9. The van der Waals surface area contributed by atoms with Crippen molar-refractivity contribution in [2.75, 3.05) is 18.6 Å². The summed E-state index contributed by atoms with van der Waals surface area (Å²) in [5.41, 5.74) is 5.61. The third-order valence-electron chi connectivity index (χ3n) is 7.79. The molecule has 4 aromatic rings. The third kappa shape index (κ3) is 5.13. The molecule has 0 fully saturated rings.